The van der Waals surface area contributed by atoms with Crippen LogP contribution in [-0.2, 0) is 5.41 Å². The Morgan fingerprint density at radius 2 is 1.21 bits per heavy atom. The van der Waals surface area contributed by atoms with Crippen molar-refractivity contribution in [2.24, 2.45) is 11.8 Å². The topological polar surface area (TPSA) is 3.24 Å². The van der Waals surface area contributed by atoms with Crippen LogP contribution in [0.1, 0.15) is 106 Å². The van der Waals surface area contributed by atoms with E-state index in [1.165, 1.54) is 125 Å². The Balaban J connectivity index is 1.17. The number of benzene rings is 6. The van der Waals surface area contributed by atoms with Crippen LogP contribution in [0.15, 0.2) is 140 Å². The normalized spacial score (nSPS) is 21.4. The minimum atomic E-state index is -0.153. The van der Waals surface area contributed by atoms with E-state index in [-0.39, 0.29) is 5.41 Å². The molecule has 2 bridgehead atoms. The first kappa shape index (κ1) is 32.7. The minimum Gasteiger partial charge on any atom is -0.310 e. The van der Waals surface area contributed by atoms with Gasteiger partial charge >= 0.3 is 0 Å². The van der Waals surface area contributed by atoms with Crippen molar-refractivity contribution >= 4 is 17.1 Å². The number of hydrogen-bond acceptors (Lipinski definition) is 1. The molecule has 3 fully saturated rings. The number of nitrogens with zero attached hydrogens (tertiary/aromatic N) is 1. The predicted octanol–water partition coefficient (Wildman–Crippen LogP) is 14.7. The molecule has 0 saturated heterocycles. The summed E-state index contributed by atoms with van der Waals surface area (Å²) < 4.78 is 0. The molecule has 10 rings (SSSR count). The molecule has 3 atom stereocenters. The summed E-state index contributed by atoms with van der Waals surface area (Å²) in [5, 5.41) is 0. The second kappa shape index (κ2) is 13.2. The van der Waals surface area contributed by atoms with Gasteiger partial charge in [0, 0.05) is 22.4 Å². The van der Waals surface area contributed by atoms with Crippen molar-refractivity contribution in [1.29, 1.82) is 0 Å². The first-order valence-electron chi connectivity index (χ1n) is 20.5. The highest BCUT2D eigenvalue weighted by Gasteiger charge is 2.41. The van der Waals surface area contributed by atoms with Crippen LogP contribution < -0.4 is 4.90 Å². The van der Waals surface area contributed by atoms with E-state index in [2.05, 4.69) is 158 Å². The Morgan fingerprint density at radius 1 is 0.509 bits per heavy atom. The summed E-state index contributed by atoms with van der Waals surface area (Å²) in [5.74, 6) is 3.13. The molecule has 0 heterocycles. The zero-order valence-corrected chi connectivity index (χ0v) is 31.4. The standard InChI is InChI=1S/C52H51N/c1-52(2)48-32-40(36-14-6-3-7-15-36)26-29-44(48)47-33-46(38-18-10-5-11-19-38)51(34-49(47)52)53(50-21-13-12-20-43(50)37-16-8-4-9-17-37)42-27-24-39(25-28-42)45-31-35-22-23-41(45)30-35/h3,5-7,10-15,18-21,24-29,32-35,37,41,45H,4,8-9,16-17,22-23,30-31H2,1-2H3. The van der Waals surface area contributed by atoms with E-state index in [1.807, 2.05) is 0 Å². The molecule has 3 saturated carbocycles. The van der Waals surface area contributed by atoms with Crippen LogP contribution in [0, 0.1) is 11.8 Å². The highest BCUT2D eigenvalue weighted by atomic mass is 15.1. The van der Waals surface area contributed by atoms with E-state index in [0.29, 0.717) is 5.92 Å². The molecule has 0 N–H and O–H groups in total. The molecule has 6 aromatic rings. The van der Waals surface area contributed by atoms with Gasteiger partial charge in [0.25, 0.3) is 0 Å². The molecule has 1 heteroatoms. The van der Waals surface area contributed by atoms with Gasteiger partial charge in [0.15, 0.2) is 0 Å². The van der Waals surface area contributed by atoms with E-state index in [9.17, 15) is 0 Å². The molecule has 0 aliphatic heterocycles. The van der Waals surface area contributed by atoms with Crippen molar-refractivity contribution in [3.63, 3.8) is 0 Å². The van der Waals surface area contributed by atoms with Gasteiger partial charge in [-0.05, 0) is 142 Å². The van der Waals surface area contributed by atoms with E-state index in [4.69, 9.17) is 0 Å². The van der Waals surface area contributed by atoms with Gasteiger partial charge in [0.2, 0.25) is 0 Å². The summed E-state index contributed by atoms with van der Waals surface area (Å²) in [6.45, 7) is 4.87. The average Bonchev–Trinajstić information content (AvgIpc) is 3.92. The summed E-state index contributed by atoms with van der Waals surface area (Å²) in [7, 11) is 0. The second-order valence-corrected chi connectivity index (χ2v) is 17.1. The van der Waals surface area contributed by atoms with E-state index in [0.717, 1.165) is 17.8 Å². The van der Waals surface area contributed by atoms with Gasteiger partial charge in [-0.1, -0.05) is 143 Å². The molecule has 4 aliphatic rings. The fraction of sp³-hybridized carbons (Fsp3) is 0.308. The number of anilines is 3. The van der Waals surface area contributed by atoms with Crippen molar-refractivity contribution in [3.8, 4) is 33.4 Å². The monoisotopic (exact) mass is 689 g/mol. The highest BCUT2D eigenvalue weighted by molar-refractivity contribution is 5.95. The smallest absolute Gasteiger partial charge is 0.0543 e. The number of fused-ring (bicyclic) bond motifs is 5. The number of rotatable bonds is 7. The molecule has 0 spiro atoms. The fourth-order valence-corrected chi connectivity index (χ4v) is 11.0. The number of hydrogen-bond donors (Lipinski definition) is 0. The van der Waals surface area contributed by atoms with Crippen molar-refractivity contribution in [1.82, 2.24) is 0 Å². The molecule has 0 radical (unpaired) electrons. The lowest BCUT2D eigenvalue weighted by Crippen LogP contribution is -2.19. The van der Waals surface area contributed by atoms with Gasteiger partial charge in [-0.15, -0.1) is 0 Å². The Hall–Kier alpha value is -4.88. The lowest BCUT2D eigenvalue weighted by atomic mass is 9.80. The lowest BCUT2D eigenvalue weighted by molar-refractivity contribution is 0.420. The van der Waals surface area contributed by atoms with Gasteiger partial charge in [0.05, 0.1) is 5.69 Å². The highest BCUT2D eigenvalue weighted by Crippen LogP contribution is 2.56. The van der Waals surface area contributed by atoms with Gasteiger partial charge < -0.3 is 4.90 Å². The minimum absolute atomic E-state index is 0.153. The first-order valence-corrected chi connectivity index (χ1v) is 20.5. The largest absolute Gasteiger partial charge is 0.310 e. The summed E-state index contributed by atoms with van der Waals surface area (Å²) >= 11 is 0. The van der Waals surface area contributed by atoms with Crippen LogP contribution in [0.2, 0.25) is 0 Å². The van der Waals surface area contributed by atoms with Gasteiger partial charge in [-0.2, -0.15) is 0 Å². The van der Waals surface area contributed by atoms with Crippen molar-refractivity contribution in [3.05, 3.63) is 162 Å². The molecule has 6 aromatic carbocycles. The predicted molar refractivity (Wildman–Crippen MR) is 224 cm³/mol. The summed E-state index contributed by atoms with van der Waals surface area (Å²) in [6, 6.07) is 53.5. The molecule has 264 valence electrons. The zero-order chi connectivity index (χ0) is 35.5. The summed E-state index contributed by atoms with van der Waals surface area (Å²) in [6.07, 6.45) is 12.2. The van der Waals surface area contributed by atoms with E-state index >= 15 is 0 Å². The fourth-order valence-electron chi connectivity index (χ4n) is 11.0. The third-order valence-electron chi connectivity index (χ3n) is 13.8. The third-order valence-corrected chi connectivity index (χ3v) is 13.8. The molecule has 1 nitrogen and oxygen atoms in total. The molecular weight excluding hydrogens is 639 g/mol. The molecule has 53 heavy (non-hydrogen) atoms. The molecule has 0 aromatic heterocycles. The molecule has 3 unspecified atom stereocenters. The molecule has 0 amide bonds. The molecular formula is C52H51N. The van der Waals surface area contributed by atoms with Crippen LogP contribution in [0.3, 0.4) is 0 Å². The third kappa shape index (κ3) is 5.67. The Kier molecular flexibility index (Phi) is 8.16. The summed E-state index contributed by atoms with van der Waals surface area (Å²) in [4.78, 5) is 2.64. The molecule has 4 aliphatic carbocycles. The van der Waals surface area contributed by atoms with E-state index in [1.54, 1.807) is 5.56 Å². The maximum atomic E-state index is 2.64. The van der Waals surface area contributed by atoms with E-state index < -0.39 is 0 Å². The average molecular weight is 690 g/mol. The van der Waals surface area contributed by atoms with Crippen LogP contribution in [0.25, 0.3) is 33.4 Å². The van der Waals surface area contributed by atoms with Gasteiger partial charge in [0.1, 0.15) is 0 Å². The van der Waals surface area contributed by atoms with Crippen LogP contribution in [0.4, 0.5) is 17.1 Å². The SMILES string of the molecule is CC1(C)c2cc(-c3ccccc3)ccc2-c2cc(-c3ccccc3)c(N(c3ccc(C4CC5CCC4C5)cc3)c3ccccc3C3CCCCC3)cc21. The maximum Gasteiger partial charge on any atom is 0.0543 e. The maximum absolute atomic E-state index is 2.64. The van der Waals surface area contributed by atoms with Crippen LogP contribution >= 0.6 is 0 Å². The quantitative estimate of drug-likeness (QED) is 0.161. The Bertz CT molecular complexity index is 2260. The Morgan fingerprint density at radius 3 is 1.92 bits per heavy atom. The summed E-state index contributed by atoms with van der Waals surface area (Å²) in [5.41, 5.74) is 17.4. The first-order chi connectivity index (χ1) is 26.0. The van der Waals surface area contributed by atoms with Crippen LogP contribution in [0.5, 0.6) is 0 Å². The Labute approximate surface area is 316 Å². The van der Waals surface area contributed by atoms with Crippen molar-refractivity contribution in [2.75, 3.05) is 4.90 Å². The van der Waals surface area contributed by atoms with Crippen LogP contribution in [-0.4, -0.2) is 0 Å². The lowest BCUT2D eigenvalue weighted by Gasteiger charge is -2.34. The van der Waals surface area contributed by atoms with Gasteiger partial charge in [-0.3, -0.25) is 0 Å². The van der Waals surface area contributed by atoms with Crippen molar-refractivity contribution < 1.29 is 0 Å². The zero-order valence-electron chi connectivity index (χ0n) is 31.4. The van der Waals surface area contributed by atoms with Crippen molar-refractivity contribution in [2.45, 2.75) is 88.9 Å². The second-order valence-electron chi connectivity index (χ2n) is 17.1. The van der Waals surface area contributed by atoms with Gasteiger partial charge in [-0.25, -0.2) is 0 Å². The number of para-hydroxylation sites is 1.